The first-order valence-corrected chi connectivity index (χ1v) is 44.9. The number of benzene rings is 1. The first-order chi connectivity index (χ1) is 63.3. The van der Waals surface area contributed by atoms with Crippen LogP contribution in [0.4, 0.5) is 22.0 Å². The molecule has 0 bridgehead atoms. The SMILES string of the molecule is O=C(CCCCO[C@@H]1C[C@H](CO)[C@H](O)[C@H](O)C1)NCCCNC(=O)CCOCC(COCCC(=O)NCCCNC(=O)CCCCO[C@H]1C[C@@H](O)[C@@H](O)[C@@H](CO)O1)(COCCC(=O)NCCCNC(=O)CCCCO[C@H]1C[C@@H](O)[C@@H](O)[C@@H](CO)O1)NC(=O)CCOCCOCCOCCOCCOCCOCCOCCOCCOCCC(=O)Oc1c(F)c(F)c(F)c(F)c1F. The molecule has 758 valence electrons. The van der Waals surface area contributed by atoms with Crippen molar-refractivity contribution in [3.63, 3.8) is 0 Å². The van der Waals surface area contributed by atoms with Crippen molar-refractivity contribution in [1.29, 1.82) is 0 Å². The Balaban J connectivity index is 1.17. The van der Waals surface area contributed by atoms with Gasteiger partial charge in [-0.3, -0.25) is 38.4 Å². The van der Waals surface area contributed by atoms with E-state index in [4.69, 9.17) is 80.5 Å². The van der Waals surface area contributed by atoms with Crippen LogP contribution in [0.5, 0.6) is 5.75 Å². The molecule has 3 aliphatic rings. The van der Waals surface area contributed by atoms with Crippen molar-refractivity contribution in [1.82, 2.24) is 37.2 Å². The number of nitrogens with one attached hydrogen (secondary N) is 7. The molecule has 0 radical (unpaired) electrons. The van der Waals surface area contributed by atoms with Gasteiger partial charge in [-0.25, -0.2) is 13.2 Å². The summed E-state index contributed by atoms with van der Waals surface area (Å²) in [5.74, 6) is -17.1. The zero-order chi connectivity index (χ0) is 95.5. The summed E-state index contributed by atoms with van der Waals surface area (Å²) in [5.41, 5.74) is -1.48. The summed E-state index contributed by atoms with van der Waals surface area (Å²) >= 11 is 0. The van der Waals surface area contributed by atoms with Crippen molar-refractivity contribution < 1.29 is 192 Å². The van der Waals surface area contributed by atoms with Crippen LogP contribution >= 0.6 is 0 Å². The van der Waals surface area contributed by atoms with E-state index < -0.39 is 139 Å². The summed E-state index contributed by atoms with van der Waals surface area (Å²) in [4.78, 5) is 103. The van der Waals surface area contributed by atoms with Crippen LogP contribution in [0.25, 0.3) is 0 Å². The third kappa shape index (κ3) is 53.6. The molecule has 42 nitrogen and oxygen atoms in total. The number of unbranched alkanes of at least 4 members (excludes halogenated alkanes) is 3. The third-order valence-corrected chi connectivity index (χ3v) is 20.2. The van der Waals surface area contributed by atoms with E-state index in [9.17, 15) is 106 Å². The first kappa shape index (κ1) is 117. The molecule has 0 unspecified atom stereocenters. The highest BCUT2D eigenvalue weighted by atomic mass is 19.2. The van der Waals surface area contributed by atoms with Gasteiger partial charge in [-0.1, -0.05) is 0 Å². The number of halogens is 5. The van der Waals surface area contributed by atoms with Crippen LogP contribution in [0.1, 0.15) is 135 Å². The van der Waals surface area contributed by atoms with E-state index in [0.29, 0.717) is 110 Å². The normalized spacial score (nSPS) is 20.4. The van der Waals surface area contributed by atoms with Gasteiger partial charge in [-0.15, -0.1) is 0 Å². The predicted octanol–water partition coefficient (Wildman–Crippen LogP) is -2.13. The molecule has 131 heavy (non-hydrogen) atoms. The summed E-state index contributed by atoms with van der Waals surface area (Å²) in [6.07, 6.45) is -5.94. The molecule has 16 N–H and O–H groups in total. The first-order valence-electron chi connectivity index (χ1n) is 44.9. The van der Waals surface area contributed by atoms with Crippen LogP contribution in [-0.2, 0) is 119 Å². The number of aliphatic hydroxyl groups excluding tert-OH is 9. The maximum Gasteiger partial charge on any atom is 0.313 e. The fraction of sp³-hybridized carbons (Fsp3) is 0.833. The zero-order valence-corrected chi connectivity index (χ0v) is 74.8. The van der Waals surface area contributed by atoms with Crippen molar-refractivity contribution >= 4 is 47.3 Å². The van der Waals surface area contributed by atoms with Gasteiger partial charge in [0.05, 0.1) is 209 Å². The van der Waals surface area contributed by atoms with E-state index in [1.807, 2.05) is 0 Å². The van der Waals surface area contributed by atoms with Crippen molar-refractivity contribution in [2.75, 3.05) is 237 Å². The lowest BCUT2D eigenvalue weighted by Crippen LogP contribution is -2.59. The quantitative estimate of drug-likeness (QED) is 0.00827. The number of carbonyl (C=O) groups excluding carboxylic acids is 8. The lowest BCUT2D eigenvalue weighted by molar-refractivity contribution is -0.257. The van der Waals surface area contributed by atoms with Gasteiger partial charge in [0, 0.05) is 136 Å². The number of ether oxygens (including phenoxy) is 18. The van der Waals surface area contributed by atoms with Crippen LogP contribution in [0.2, 0.25) is 0 Å². The summed E-state index contributed by atoms with van der Waals surface area (Å²) < 4.78 is 167. The molecular formula is C84H142F5N7O35. The molecule has 0 spiro atoms. The van der Waals surface area contributed by atoms with E-state index >= 15 is 0 Å². The monoisotopic (exact) mass is 1900 g/mol. The third-order valence-electron chi connectivity index (χ3n) is 20.2. The molecule has 4 rings (SSSR count). The molecule has 12 atom stereocenters. The number of rotatable bonds is 80. The van der Waals surface area contributed by atoms with Gasteiger partial charge >= 0.3 is 5.97 Å². The fourth-order valence-electron chi connectivity index (χ4n) is 12.9. The van der Waals surface area contributed by atoms with Gasteiger partial charge < -0.3 is 168 Å². The van der Waals surface area contributed by atoms with E-state index in [-0.39, 0.29) is 284 Å². The number of hydrogen-bond donors (Lipinski definition) is 16. The smallest absolute Gasteiger partial charge is 0.313 e. The van der Waals surface area contributed by atoms with Gasteiger partial charge in [0.2, 0.25) is 76.2 Å². The Morgan fingerprint density at radius 1 is 0.305 bits per heavy atom. The Bertz CT molecular complexity index is 3050. The highest BCUT2D eigenvalue weighted by Gasteiger charge is 2.40. The van der Waals surface area contributed by atoms with E-state index in [0.717, 1.165) is 0 Å². The van der Waals surface area contributed by atoms with Crippen LogP contribution in [0.3, 0.4) is 0 Å². The van der Waals surface area contributed by atoms with Crippen molar-refractivity contribution in [2.45, 2.75) is 208 Å². The van der Waals surface area contributed by atoms with Crippen LogP contribution < -0.4 is 42.0 Å². The number of hydrogen-bond acceptors (Lipinski definition) is 35. The number of carbonyl (C=O) groups is 8. The average molecular weight is 1910 g/mol. The Morgan fingerprint density at radius 2 is 0.595 bits per heavy atom. The second-order valence-corrected chi connectivity index (χ2v) is 31.0. The second kappa shape index (κ2) is 72.9. The van der Waals surface area contributed by atoms with Gasteiger partial charge in [-0.05, 0) is 64.2 Å². The summed E-state index contributed by atoms with van der Waals surface area (Å²) in [6, 6.07) is 0. The van der Waals surface area contributed by atoms with Crippen molar-refractivity contribution in [3.8, 4) is 5.75 Å². The Hall–Kier alpha value is -6.41. The van der Waals surface area contributed by atoms with Crippen molar-refractivity contribution in [2.24, 2.45) is 5.92 Å². The zero-order valence-electron chi connectivity index (χ0n) is 74.8. The molecular weight excluding hydrogens is 1760 g/mol. The van der Waals surface area contributed by atoms with Gasteiger partial charge in [0.1, 0.15) is 30.0 Å². The van der Waals surface area contributed by atoms with E-state index in [1.165, 1.54) is 0 Å². The minimum atomic E-state index is -2.38. The molecule has 0 aromatic heterocycles. The largest absolute Gasteiger partial charge is 0.420 e. The Morgan fingerprint density at radius 3 is 0.931 bits per heavy atom. The molecule has 1 aromatic rings. The molecule has 7 amide bonds. The highest BCUT2D eigenvalue weighted by molar-refractivity contribution is 5.79. The molecule has 2 heterocycles. The Labute approximate surface area is 759 Å². The molecule has 2 saturated heterocycles. The van der Waals surface area contributed by atoms with Crippen molar-refractivity contribution in [3.05, 3.63) is 29.1 Å². The Kier molecular flexibility index (Phi) is 65.1. The molecule has 1 aromatic carbocycles. The van der Waals surface area contributed by atoms with Gasteiger partial charge in [0.25, 0.3) is 0 Å². The molecule has 1 saturated carbocycles. The molecule has 3 fully saturated rings. The summed E-state index contributed by atoms with van der Waals surface area (Å²) in [7, 11) is 0. The van der Waals surface area contributed by atoms with Crippen LogP contribution in [-0.4, -0.2) is 404 Å². The minimum absolute atomic E-state index is 0.0237. The minimum Gasteiger partial charge on any atom is -0.420 e. The topological polar surface area (TPSA) is 569 Å². The maximum absolute atomic E-state index is 13.9. The molecule has 47 heteroatoms. The summed E-state index contributed by atoms with van der Waals surface area (Å²) in [6.45, 7) is 3.16. The maximum atomic E-state index is 13.9. The summed E-state index contributed by atoms with van der Waals surface area (Å²) in [5, 5.41) is 108. The van der Waals surface area contributed by atoms with Gasteiger partial charge in [-0.2, -0.15) is 8.78 Å². The highest BCUT2D eigenvalue weighted by Crippen LogP contribution is 2.31. The average Bonchev–Trinajstić information content (AvgIpc) is 0.794. The second-order valence-electron chi connectivity index (χ2n) is 31.0. The number of amides is 7. The van der Waals surface area contributed by atoms with E-state index in [2.05, 4.69) is 42.0 Å². The molecule has 2 aliphatic heterocycles. The number of esters is 1. The fourth-order valence-corrected chi connectivity index (χ4v) is 12.9. The lowest BCUT2D eigenvalue weighted by atomic mass is 9.83. The van der Waals surface area contributed by atoms with Crippen LogP contribution in [0, 0.1) is 35.0 Å². The van der Waals surface area contributed by atoms with Gasteiger partial charge in [0.15, 0.2) is 12.6 Å². The predicted molar refractivity (Wildman–Crippen MR) is 447 cm³/mol. The number of aliphatic hydroxyl groups is 9. The van der Waals surface area contributed by atoms with E-state index in [1.54, 1.807) is 0 Å². The standard InChI is InChI=1S/C84H142F5N7O35/c85-75-76(86)78(88)83(79(89)77(75)87)131-72(110)17-31-115-33-35-117-37-39-119-41-43-121-45-47-122-46-44-120-42-40-118-38-36-116-34-32-114-27-16-71(109)96-84(55-123-28-13-68(106)93-21-7-18-90-65(103)10-1-4-24-126-59-48-58(52-97)80(111)60(100)49-59,56-124-29-14-69(107)94-22-8-19-91-66(104)11-2-5-25-127-73-50-61(101)81(112)63(53-98)129-73)57-125-30-15-70(108)95-23-9-20-92-67(105)12-3-6-26-128-74-51-62(102)82(113)64(54-99)130-74/h58-64,73-74,80-82,97-102,111-113H,1-57H2,(H,90,103)(H,91,104)(H,92,105)(H,93,106)(H,94,107)(H,95,108)(H,96,109)/t58-,59-,60-,61-,62-,63-,64-,73-,74-,80+,81-,82-/m1/s1. The van der Waals surface area contributed by atoms with Crippen LogP contribution in [0.15, 0.2) is 0 Å². The molecule has 1 aliphatic carbocycles. The lowest BCUT2D eigenvalue weighted by Gasteiger charge is -2.36.